The Morgan fingerprint density at radius 2 is 1.48 bits per heavy atom. The van der Waals surface area contributed by atoms with Gasteiger partial charge < -0.3 is 4.74 Å². The van der Waals surface area contributed by atoms with Crippen LogP contribution in [0.25, 0.3) is 21.9 Å². The lowest BCUT2D eigenvalue weighted by Crippen LogP contribution is -1.97. The third-order valence-corrected chi connectivity index (χ3v) is 3.74. The van der Waals surface area contributed by atoms with Crippen molar-refractivity contribution in [1.29, 1.82) is 0 Å². The summed E-state index contributed by atoms with van der Waals surface area (Å²) in [6, 6.07) is 19.1. The zero-order valence-electron chi connectivity index (χ0n) is 11.0. The quantitative estimate of drug-likeness (QED) is 0.500. The first kappa shape index (κ1) is 11.9. The van der Waals surface area contributed by atoms with E-state index >= 15 is 0 Å². The predicted octanol–water partition coefficient (Wildman–Crippen LogP) is 3.82. The molecule has 21 heavy (non-hydrogen) atoms. The normalized spacial score (nSPS) is 13.3. The summed E-state index contributed by atoms with van der Waals surface area (Å²) >= 11 is 0. The second kappa shape index (κ2) is 4.28. The van der Waals surface area contributed by atoms with E-state index in [0.717, 1.165) is 21.9 Å². The van der Waals surface area contributed by atoms with Gasteiger partial charge in [-0.15, -0.1) is 0 Å². The number of rotatable bonds is 1. The smallest absolute Gasteiger partial charge is 0.347 e. The SMILES string of the molecule is O=C1OC(=O)c2c1ccc1cccc(-c3ccccc3)c21. The van der Waals surface area contributed by atoms with Crippen LogP contribution >= 0.6 is 0 Å². The Bertz CT molecular complexity index is 895. The van der Waals surface area contributed by atoms with E-state index in [4.69, 9.17) is 4.74 Å². The number of esters is 2. The number of carbonyl (C=O) groups is 2. The molecule has 1 aliphatic heterocycles. The minimum Gasteiger partial charge on any atom is -0.386 e. The molecule has 3 aromatic rings. The predicted molar refractivity (Wildman–Crippen MR) is 79.1 cm³/mol. The first-order chi connectivity index (χ1) is 10.3. The number of cyclic esters (lactones) is 2. The van der Waals surface area contributed by atoms with Crippen molar-refractivity contribution in [2.45, 2.75) is 0 Å². The maximum atomic E-state index is 12.0. The summed E-state index contributed by atoms with van der Waals surface area (Å²) in [7, 11) is 0. The molecule has 0 atom stereocenters. The number of carbonyl (C=O) groups excluding carboxylic acids is 2. The monoisotopic (exact) mass is 274 g/mol. The van der Waals surface area contributed by atoms with Gasteiger partial charge in [0.15, 0.2) is 0 Å². The Balaban J connectivity index is 2.15. The molecule has 3 aromatic carbocycles. The molecule has 4 rings (SSSR count). The third kappa shape index (κ3) is 1.68. The highest BCUT2D eigenvalue weighted by molar-refractivity contribution is 6.23. The first-order valence-corrected chi connectivity index (χ1v) is 6.63. The summed E-state index contributed by atoms with van der Waals surface area (Å²) in [4.78, 5) is 23.8. The van der Waals surface area contributed by atoms with Crippen molar-refractivity contribution in [3.63, 3.8) is 0 Å². The van der Waals surface area contributed by atoms with Crippen LogP contribution in [0.15, 0.2) is 60.7 Å². The molecule has 0 bridgehead atoms. The number of hydrogen-bond acceptors (Lipinski definition) is 3. The summed E-state index contributed by atoms with van der Waals surface area (Å²) in [5.74, 6) is -1.14. The van der Waals surface area contributed by atoms with Crippen molar-refractivity contribution in [2.75, 3.05) is 0 Å². The van der Waals surface area contributed by atoms with E-state index in [-0.39, 0.29) is 0 Å². The Morgan fingerprint density at radius 3 is 2.29 bits per heavy atom. The molecule has 0 aromatic heterocycles. The van der Waals surface area contributed by atoms with Crippen LogP contribution in [0.5, 0.6) is 0 Å². The van der Waals surface area contributed by atoms with Crippen LogP contribution in [0.4, 0.5) is 0 Å². The van der Waals surface area contributed by atoms with E-state index in [1.54, 1.807) is 6.07 Å². The van der Waals surface area contributed by atoms with E-state index in [1.807, 2.05) is 54.6 Å². The van der Waals surface area contributed by atoms with Crippen LogP contribution < -0.4 is 0 Å². The summed E-state index contributed by atoms with van der Waals surface area (Å²) in [6.45, 7) is 0. The average molecular weight is 274 g/mol. The summed E-state index contributed by atoms with van der Waals surface area (Å²) in [6.07, 6.45) is 0. The molecule has 100 valence electrons. The van der Waals surface area contributed by atoms with Gasteiger partial charge in [-0.3, -0.25) is 0 Å². The third-order valence-electron chi connectivity index (χ3n) is 3.74. The largest absolute Gasteiger partial charge is 0.386 e. The number of ether oxygens (including phenoxy) is 1. The van der Waals surface area contributed by atoms with Gasteiger partial charge in [0, 0.05) is 5.39 Å². The van der Waals surface area contributed by atoms with E-state index in [9.17, 15) is 9.59 Å². The van der Waals surface area contributed by atoms with Gasteiger partial charge in [-0.05, 0) is 22.6 Å². The maximum absolute atomic E-state index is 12.0. The van der Waals surface area contributed by atoms with Crippen LogP contribution in [0.1, 0.15) is 20.7 Å². The molecular weight excluding hydrogens is 264 g/mol. The lowest BCUT2D eigenvalue weighted by molar-refractivity contribution is 0.0444. The molecule has 0 aliphatic carbocycles. The number of benzene rings is 3. The fourth-order valence-electron chi connectivity index (χ4n) is 2.81. The van der Waals surface area contributed by atoms with Crippen molar-refractivity contribution in [2.24, 2.45) is 0 Å². The van der Waals surface area contributed by atoms with Crippen molar-refractivity contribution in [3.05, 3.63) is 71.8 Å². The molecule has 0 radical (unpaired) electrons. The van der Waals surface area contributed by atoms with Crippen molar-refractivity contribution in [1.82, 2.24) is 0 Å². The summed E-state index contributed by atoms with van der Waals surface area (Å²) in [5, 5.41) is 1.69. The molecule has 0 N–H and O–H groups in total. The minimum atomic E-state index is -0.570. The van der Waals surface area contributed by atoms with Crippen molar-refractivity contribution < 1.29 is 14.3 Å². The molecule has 0 amide bonds. The van der Waals surface area contributed by atoms with Crippen molar-refractivity contribution in [3.8, 4) is 11.1 Å². The highest BCUT2D eigenvalue weighted by Crippen LogP contribution is 2.35. The molecule has 0 saturated heterocycles. The lowest BCUT2D eigenvalue weighted by atomic mass is 9.92. The fraction of sp³-hybridized carbons (Fsp3) is 0. The van der Waals surface area contributed by atoms with Crippen LogP contribution in [0.2, 0.25) is 0 Å². The fourth-order valence-corrected chi connectivity index (χ4v) is 2.81. The van der Waals surface area contributed by atoms with Crippen LogP contribution in [0, 0.1) is 0 Å². The van der Waals surface area contributed by atoms with Gasteiger partial charge in [-0.1, -0.05) is 54.6 Å². The van der Waals surface area contributed by atoms with Crippen molar-refractivity contribution >= 4 is 22.7 Å². The second-order valence-corrected chi connectivity index (χ2v) is 4.93. The topological polar surface area (TPSA) is 43.4 Å². The Kier molecular flexibility index (Phi) is 2.42. The minimum absolute atomic E-state index is 0.343. The first-order valence-electron chi connectivity index (χ1n) is 6.63. The molecule has 3 nitrogen and oxygen atoms in total. The molecule has 3 heteroatoms. The highest BCUT2D eigenvalue weighted by Gasteiger charge is 2.32. The summed E-state index contributed by atoms with van der Waals surface area (Å²) in [5.41, 5.74) is 2.65. The molecule has 1 heterocycles. The van der Waals surface area contributed by atoms with E-state index < -0.39 is 11.9 Å². The zero-order chi connectivity index (χ0) is 14.4. The van der Waals surface area contributed by atoms with Crippen LogP contribution in [0.3, 0.4) is 0 Å². The van der Waals surface area contributed by atoms with E-state index in [1.165, 1.54) is 0 Å². The van der Waals surface area contributed by atoms with Gasteiger partial charge in [0.2, 0.25) is 0 Å². The average Bonchev–Trinajstić information content (AvgIpc) is 2.82. The number of hydrogen-bond donors (Lipinski definition) is 0. The van der Waals surface area contributed by atoms with Crippen LogP contribution in [-0.2, 0) is 4.74 Å². The van der Waals surface area contributed by atoms with Gasteiger partial charge >= 0.3 is 11.9 Å². The Labute approximate surface area is 120 Å². The van der Waals surface area contributed by atoms with Gasteiger partial charge in [-0.25, -0.2) is 9.59 Å². The summed E-state index contributed by atoms with van der Waals surface area (Å²) < 4.78 is 4.75. The molecule has 1 aliphatic rings. The number of fused-ring (bicyclic) bond motifs is 3. The molecule has 0 unspecified atom stereocenters. The maximum Gasteiger partial charge on any atom is 0.347 e. The molecule has 0 spiro atoms. The second-order valence-electron chi connectivity index (χ2n) is 4.93. The lowest BCUT2D eigenvalue weighted by Gasteiger charge is -2.09. The standard InChI is InChI=1S/C18H10O3/c19-17-14-10-9-12-7-4-8-13(11-5-2-1-3-6-11)15(12)16(14)18(20)21-17/h1-10H. The highest BCUT2D eigenvalue weighted by atomic mass is 16.6. The molecular formula is C18H10O3. The molecule has 0 fully saturated rings. The molecule has 0 saturated carbocycles. The Morgan fingerprint density at radius 1 is 0.667 bits per heavy atom. The van der Waals surface area contributed by atoms with Crippen LogP contribution in [-0.4, -0.2) is 11.9 Å². The van der Waals surface area contributed by atoms with Gasteiger partial charge in [0.05, 0.1) is 11.1 Å². The van der Waals surface area contributed by atoms with E-state index in [0.29, 0.717) is 11.1 Å². The van der Waals surface area contributed by atoms with E-state index in [2.05, 4.69) is 0 Å². The van der Waals surface area contributed by atoms with Gasteiger partial charge in [-0.2, -0.15) is 0 Å². The van der Waals surface area contributed by atoms with Gasteiger partial charge in [0.1, 0.15) is 0 Å². The van der Waals surface area contributed by atoms with Gasteiger partial charge in [0.25, 0.3) is 0 Å². The zero-order valence-corrected chi connectivity index (χ0v) is 11.0. The Hall–Kier alpha value is -2.94.